The number of allylic oxidation sites excluding steroid dienone is 6. The van der Waals surface area contributed by atoms with E-state index in [0.29, 0.717) is 18.7 Å². The second-order valence-electron chi connectivity index (χ2n) is 8.83. The number of hydrogen-bond acceptors (Lipinski definition) is 5. The first-order valence-corrected chi connectivity index (χ1v) is 12.7. The zero-order chi connectivity index (χ0) is 27.2. The molecule has 0 spiro atoms. The minimum atomic E-state index is -2.67. The molecule has 1 aliphatic heterocycles. The average molecular weight is 512 g/mol. The van der Waals surface area contributed by atoms with Crippen molar-refractivity contribution in [2.24, 2.45) is 5.10 Å². The van der Waals surface area contributed by atoms with E-state index in [0.717, 1.165) is 49.3 Å². The van der Waals surface area contributed by atoms with Gasteiger partial charge in [0.2, 0.25) is 0 Å². The number of halogens is 2. The van der Waals surface area contributed by atoms with Crippen LogP contribution in [0.1, 0.15) is 48.7 Å². The summed E-state index contributed by atoms with van der Waals surface area (Å²) in [4.78, 5) is 17.2. The predicted molar refractivity (Wildman–Crippen MR) is 148 cm³/mol. The van der Waals surface area contributed by atoms with Crippen molar-refractivity contribution in [2.75, 3.05) is 46.3 Å². The van der Waals surface area contributed by atoms with Crippen LogP contribution < -0.4 is 5.32 Å². The lowest BCUT2D eigenvalue weighted by molar-refractivity contribution is 0.0977. The molecule has 6 nitrogen and oxygen atoms in total. The number of alkyl halides is 2. The Labute approximate surface area is 220 Å². The van der Waals surface area contributed by atoms with Crippen LogP contribution >= 0.6 is 0 Å². The molecule has 0 radical (unpaired) electrons. The van der Waals surface area contributed by atoms with Crippen LogP contribution in [-0.4, -0.2) is 79.8 Å². The molecule has 1 fully saturated rings. The minimum absolute atomic E-state index is 0.190. The van der Waals surface area contributed by atoms with Crippen molar-refractivity contribution < 1.29 is 13.6 Å². The van der Waals surface area contributed by atoms with Crippen LogP contribution in [0.15, 0.2) is 58.9 Å². The highest BCUT2D eigenvalue weighted by Gasteiger charge is 2.20. The number of nitrogens with one attached hydrogen (secondary N) is 1. The lowest BCUT2D eigenvalue weighted by Crippen LogP contribution is -2.46. The topological polar surface area (TPSA) is 51.2 Å². The van der Waals surface area contributed by atoms with E-state index in [2.05, 4.69) is 46.0 Å². The van der Waals surface area contributed by atoms with Crippen molar-refractivity contribution in [3.8, 4) is 11.8 Å². The summed E-state index contributed by atoms with van der Waals surface area (Å²) in [6.45, 7) is 12.0. The van der Waals surface area contributed by atoms with Gasteiger partial charge in [-0.2, -0.15) is 5.10 Å². The monoisotopic (exact) mass is 511 g/mol. The van der Waals surface area contributed by atoms with E-state index < -0.39 is 6.43 Å². The van der Waals surface area contributed by atoms with Crippen LogP contribution in [0.25, 0.3) is 0 Å². The highest BCUT2D eigenvalue weighted by molar-refractivity contribution is 6.00. The first kappa shape index (κ1) is 29.9. The largest absolute Gasteiger partial charge is 0.311 e. The summed E-state index contributed by atoms with van der Waals surface area (Å²) >= 11 is 0. The smallest absolute Gasteiger partial charge is 0.279 e. The molecule has 0 bridgehead atoms. The summed E-state index contributed by atoms with van der Waals surface area (Å²) in [7, 11) is 2.07. The number of rotatable bonds is 10. The molecular weight excluding hydrogens is 472 g/mol. The van der Waals surface area contributed by atoms with Crippen molar-refractivity contribution in [1.82, 2.24) is 20.1 Å². The molecule has 0 atom stereocenters. The van der Waals surface area contributed by atoms with E-state index in [1.165, 1.54) is 17.4 Å². The molecule has 1 heterocycles. The maximum atomic E-state index is 13.6. The van der Waals surface area contributed by atoms with Gasteiger partial charge in [-0.1, -0.05) is 49.1 Å². The van der Waals surface area contributed by atoms with E-state index in [1.807, 2.05) is 38.1 Å². The Bertz CT molecular complexity index is 1070. The zero-order valence-corrected chi connectivity index (χ0v) is 22.6. The van der Waals surface area contributed by atoms with Gasteiger partial charge in [0, 0.05) is 49.4 Å². The SMILES string of the molecule is C/C=C(/C(F)F)N(CCN1CCN(C)CC1)/N=C/NC(=O)c1ccc(C)c(C#CC(/C=C\CC)=C/C)c1. The molecule has 37 heavy (non-hydrogen) atoms. The van der Waals surface area contributed by atoms with Crippen LogP contribution in [-0.2, 0) is 0 Å². The average Bonchev–Trinajstić information content (AvgIpc) is 2.89. The van der Waals surface area contributed by atoms with Gasteiger partial charge in [0.25, 0.3) is 12.3 Å². The third-order valence-electron chi connectivity index (χ3n) is 6.12. The fraction of sp³-hybridized carbons (Fsp3) is 0.448. The minimum Gasteiger partial charge on any atom is -0.311 e. The van der Waals surface area contributed by atoms with E-state index in [-0.39, 0.29) is 11.6 Å². The van der Waals surface area contributed by atoms with Crippen LogP contribution in [0, 0.1) is 18.8 Å². The number of piperazine rings is 1. The first-order chi connectivity index (χ1) is 17.8. The molecule has 2 rings (SSSR count). The molecule has 0 saturated carbocycles. The Balaban J connectivity index is 2.10. The first-order valence-electron chi connectivity index (χ1n) is 12.7. The normalized spacial score (nSPS) is 15.9. The van der Waals surface area contributed by atoms with Crippen molar-refractivity contribution in [2.45, 2.75) is 40.5 Å². The van der Waals surface area contributed by atoms with Crippen molar-refractivity contribution >= 4 is 12.2 Å². The molecular formula is C29H39F2N5O. The van der Waals surface area contributed by atoms with Gasteiger partial charge < -0.3 is 10.2 Å². The molecule has 1 aromatic rings. The van der Waals surface area contributed by atoms with Gasteiger partial charge in [0.1, 0.15) is 6.34 Å². The number of benzene rings is 1. The summed E-state index contributed by atoms with van der Waals surface area (Å²) < 4.78 is 27.2. The molecule has 8 heteroatoms. The molecule has 1 saturated heterocycles. The van der Waals surface area contributed by atoms with Crippen molar-refractivity contribution in [3.05, 3.63) is 70.5 Å². The second kappa shape index (κ2) is 15.7. The quantitative estimate of drug-likeness (QED) is 0.163. The number of aryl methyl sites for hydroxylation is 1. The number of nitrogens with zero attached hydrogens (tertiary/aromatic N) is 4. The van der Waals surface area contributed by atoms with Crippen LogP contribution in [0.5, 0.6) is 0 Å². The number of amides is 1. The molecule has 1 amide bonds. The van der Waals surface area contributed by atoms with E-state index >= 15 is 0 Å². The highest BCUT2D eigenvalue weighted by Crippen LogP contribution is 2.15. The van der Waals surface area contributed by atoms with Gasteiger partial charge in [-0.05, 0) is 51.9 Å². The third-order valence-corrected chi connectivity index (χ3v) is 6.12. The number of likely N-dealkylation sites (N-methyl/N-ethyl adjacent to an activating group) is 1. The van der Waals surface area contributed by atoms with Crippen LogP contribution in [0.3, 0.4) is 0 Å². The maximum Gasteiger partial charge on any atom is 0.279 e. The number of carbonyl (C=O) groups is 1. The third kappa shape index (κ3) is 9.95. The Kier molecular flexibility index (Phi) is 12.7. The Morgan fingerprint density at radius 1 is 1.22 bits per heavy atom. The summed E-state index contributed by atoms with van der Waals surface area (Å²) in [5, 5.41) is 8.04. The van der Waals surface area contributed by atoms with Crippen LogP contribution in [0.4, 0.5) is 8.78 Å². The fourth-order valence-electron chi connectivity index (χ4n) is 3.68. The van der Waals surface area contributed by atoms with Gasteiger partial charge in [-0.25, -0.2) is 8.78 Å². The lowest BCUT2D eigenvalue weighted by Gasteiger charge is -2.33. The Morgan fingerprint density at radius 3 is 2.57 bits per heavy atom. The summed E-state index contributed by atoms with van der Waals surface area (Å²) in [6, 6.07) is 5.27. The second-order valence-corrected chi connectivity index (χ2v) is 8.83. The summed E-state index contributed by atoms with van der Waals surface area (Å²) in [5.74, 6) is 5.89. The highest BCUT2D eigenvalue weighted by atomic mass is 19.3. The molecule has 0 aliphatic carbocycles. The maximum absolute atomic E-state index is 13.6. The zero-order valence-electron chi connectivity index (χ0n) is 22.6. The van der Waals surface area contributed by atoms with Gasteiger partial charge in [-0.15, -0.1) is 0 Å². The van der Waals surface area contributed by atoms with Gasteiger partial charge in [-0.3, -0.25) is 14.7 Å². The van der Waals surface area contributed by atoms with Crippen molar-refractivity contribution in [1.29, 1.82) is 0 Å². The number of carbonyl (C=O) groups excluding carboxylic acids is 1. The number of hydrogen-bond donors (Lipinski definition) is 1. The van der Waals surface area contributed by atoms with Crippen LogP contribution in [0.2, 0.25) is 0 Å². The fourth-order valence-corrected chi connectivity index (χ4v) is 3.68. The van der Waals surface area contributed by atoms with Gasteiger partial charge >= 0.3 is 0 Å². The van der Waals surface area contributed by atoms with E-state index in [4.69, 9.17) is 0 Å². The Hall–Kier alpha value is -3.28. The standard InChI is InChI=1S/C29H39F2N5O/c1-6-9-10-24(7-2)12-14-25-21-26(13-11-23(25)4)29(37)32-22-33-36(27(8-3)28(30)31)20-19-35-17-15-34(5)16-18-35/h7-11,13,21-22,28H,6,15-20H2,1-5H3,(H,32,33,37)/b10-9-,24-7+,27-8-. The molecule has 1 aliphatic rings. The predicted octanol–water partition coefficient (Wildman–Crippen LogP) is 4.65. The molecule has 200 valence electrons. The Morgan fingerprint density at radius 2 is 1.95 bits per heavy atom. The lowest BCUT2D eigenvalue weighted by atomic mass is 10.0. The summed E-state index contributed by atoms with van der Waals surface area (Å²) in [6.07, 6.45) is 6.75. The van der Waals surface area contributed by atoms with E-state index in [9.17, 15) is 13.6 Å². The number of hydrazone groups is 1. The summed E-state index contributed by atoms with van der Waals surface area (Å²) in [5.41, 5.74) is 2.83. The molecule has 0 unspecified atom stereocenters. The molecule has 1 N–H and O–H groups in total. The van der Waals surface area contributed by atoms with Gasteiger partial charge in [0.05, 0.1) is 12.2 Å². The molecule has 1 aromatic carbocycles. The molecule has 0 aromatic heterocycles. The van der Waals surface area contributed by atoms with E-state index in [1.54, 1.807) is 19.1 Å². The van der Waals surface area contributed by atoms with Gasteiger partial charge in [0.15, 0.2) is 0 Å². The van der Waals surface area contributed by atoms with Crippen molar-refractivity contribution in [3.63, 3.8) is 0 Å².